The smallest absolute Gasteiger partial charge is 0.416 e. The molecule has 0 N–H and O–H groups in total. The molecular weight excluding hydrogens is 267 g/mol. The lowest BCUT2D eigenvalue weighted by molar-refractivity contribution is -0.137. The first-order valence-electron chi connectivity index (χ1n) is 5.17. The molecule has 2 aromatic rings. The van der Waals surface area contributed by atoms with Gasteiger partial charge in [-0.25, -0.2) is 8.78 Å². The van der Waals surface area contributed by atoms with E-state index in [1.807, 2.05) is 0 Å². The van der Waals surface area contributed by atoms with Gasteiger partial charge in [0.2, 0.25) is 0 Å². The van der Waals surface area contributed by atoms with Crippen molar-refractivity contribution in [2.75, 3.05) is 0 Å². The van der Waals surface area contributed by atoms with E-state index in [0.717, 1.165) is 30.3 Å². The number of ether oxygens (including phenoxy) is 1. The number of halogens is 5. The number of hydrogen-bond acceptors (Lipinski definition) is 1. The van der Waals surface area contributed by atoms with Crippen LogP contribution in [0.3, 0.4) is 0 Å². The monoisotopic (exact) mass is 274 g/mol. The predicted octanol–water partition coefficient (Wildman–Crippen LogP) is 4.78. The lowest BCUT2D eigenvalue weighted by Crippen LogP contribution is -2.04. The third-order valence-electron chi connectivity index (χ3n) is 2.30. The quantitative estimate of drug-likeness (QED) is 0.716. The maximum Gasteiger partial charge on any atom is 0.416 e. The normalized spacial score (nSPS) is 11.4. The molecular formula is C13H7F5O. The highest BCUT2D eigenvalue weighted by molar-refractivity contribution is 5.36. The molecule has 0 aliphatic rings. The third kappa shape index (κ3) is 3.01. The number of hydrogen-bond donors (Lipinski definition) is 0. The summed E-state index contributed by atoms with van der Waals surface area (Å²) in [5.41, 5.74) is -0.957. The summed E-state index contributed by atoms with van der Waals surface area (Å²) < 4.78 is 68.8. The predicted molar refractivity (Wildman–Crippen MR) is 57.9 cm³/mol. The van der Waals surface area contributed by atoms with E-state index in [0.29, 0.717) is 6.07 Å². The number of para-hydroxylation sites is 1. The molecule has 100 valence electrons. The molecule has 6 heteroatoms. The van der Waals surface area contributed by atoms with Gasteiger partial charge >= 0.3 is 6.18 Å². The average Bonchev–Trinajstić information content (AvgIpc) is 2.33. The van der Waals surface area contributed by atoms with Crippen LogP contribution < -0.4 is 4.74 Å². The molecule has 2 aromatic carbocycles. The highest BCUT2D eigenvalue weighted by atomic mass is 19.4. The minimum atomic E-state index is -4.55. The zero-order valence-corrected chi connectivity index (χ0v) is 9.34. The molecule has 2 rings (SSSR count). The molecule has 0 saturated carbocycles. The molecule has 19 heavy (non-hydrogen) atoms. The molecule has 0 aliphatic heterocycles. The molecule has 0 atom stereocenters. The first-order chi connectivity index (χ1) is 8.88. The molecule has 0 spiro atoms. The molecule has 0 fully saturated rings. The number of rotatable bonds is 2. The molecule has 0 bridgehead atoms. The molecule has 0 saturated heterocycles. The molecule has 0 amide bonds. The van der Waals surface area contributed by atoms with Crippen LogP contribution in [0.1, 0.15) is 5.56 Å². The largest absolute Gasteiger partial charge is 0.451 e. The summed E-state index contributed by atoms with van der Waals surface area (Å²) in [5, 5.41) is 0. The van der Waals surface area contributed by atoms with Crippen LogP contribution in [0.2, 0.25) is 0 Å². The summed E-state index contributed by atoms with van der Waals surface area (Å²) in [6.07, 6.45) is -4.55. The Hall–Kier alpha value is -2.11. The van der Waals surface area contributed by atoms with E-state index in [4.69, 9.17) is 4.74 Å². The van der Waals surface area contributed by atoms with Crippen molar-refractivity contribution in [1.29, 1.82) is 0 Å². The fourth-order valence-electron chi connectivity index (χ4n) is 1.43. The number of benzene rings is 2. The van der Waals surface area contributed by atoms with Gasteiger partial charge in [0.15, 0.2) is 17.4 Å². The van der Waals surface area contributed by atoms with E-state index in [1.54, 1.807) is 0 Å². The molecule has 0 heterocycles. The van der Waals surface area contributed by atoms with Crippen molar-refractivity contribution in [2.24, 2.45) is 0 Å². The van der Waals surface area contributed by atoms with E-state index < -0.39 is 29.1 Å². The van der Waals surface area contributed by atoms with Gasteiger partial charge in [-0.2, -0.15) is 13.2 Å². The van der Waals surface area contributed by atoms with E-state index >= 15 is 0 Å². The van der Waals surface area contributed by atoms with Gasteiger partial charge < -0.3 is 4.74 Å². The Morgan fingerprint density at radius 2 is 1.42 bits per heavy atom. The summed E-state index contributed by atoms with van der Waals surface area (Å²) >= 11 is 0. The van der Waals surface area contributed by atoms with Gasteiger partial charge in [0, 0.05) is 0 Å². The zero-order valence-electron chi connectivity index (χ0n) is 9.34. The summed E-state index contributed by atoms with van der Waals surface area (Å²) in [4.78, 5) is 0. The maximum atomic E-state index is 13.3. The minimum absolute atomic E-state index is 0.293. The first kappa shape index (κ1) is 13.3. The summed E-state index contributed by atoms with van der Waals surface area (Å²) in [7, 11) is 0. The van der Waals surface area contributed by atoms with Gasteiger partial charge in [0.05, 0.1) is 5.56 Å². The van der Waals surface area contributed by atoms with Gasteiger partial charge in [0.1, 0.15) is 5.75 Å². The van der Waals surface area contributed by atoms with Crippen LogP contribution in [-0.2, 0) is 6.18 Å². The van der Waals surface area contributed by atoms with Gasteiger partial charge in [0.25, 0.3) is 0 Å². The Morgan fingerprint density at radius 3 is 2.00 bits per heavy atom. The van der Waals surface area contributed by atoms with Crippen LogP contribution in [0, 0.1) is 11.6 Å². The van der Waals surface area contributed by atoms with Crippen LogP contribution in [0.25, 0.3) is 0 Å². The Balaban J connectivity index is 2.34. The van der Waals surface area contributed by atoms with E-state index in [2.05, 4.69) is 0 Å². The van der Waals surface area contributed by atoms with Crippen molar-refractivity contribution in [3.8, 4) is 11.5 Å². The van der Waals surface area contributed by atoms with Crippen LogP contribution in [0.5, 0.6) is 11.5 Å². The maximum absolute atomic E-state index is 13.3. The van der Waals surface area contributed by atoms with Crippen molar-refractivity contribution < 1.29 is 26.7 Å². The van der Waals surface area contributed by atoms with Crippen molar-refractivity contribution in [1.82, 2.24) is 0 Å². The van der Waals surface area contributed by atoms with Crippen LogP contribution in [0.15, 0.2) is 42.5 Å². The fraction of sp³-hybridized carbons (Fsp3) is 0.0769. The standard InChI is InChI=1S/C13H7F5O/c14-10-5-2-6-11(15)12(10)19-9-4-1-3-8(7-9)13(16,17)18/h1-7H. The zero-order chi connectivity index (χ0) is 14.0. The second-order valence-electron chi connectivity index (χ2n) is 3.68. The topological polar surface area (TPSA) is 9.23 Å². The number of alkyl halides is 3. The van der Waals surface area contributed by atoms with Crippen molar-refractivity contribution in [2.45, 2.75) is 6.18 Å². The van der Waals surface area contributed by atoms with Crippen molar-refractivity contribution >= 4 is 0 Å². The second kappa shape index (κ2) is 4.87. The molecule has 0 radical (unpaired) electrons. The van der Waals surface area contributed by atoms with E-state index in [1.165, 1.54) is 6.07 Å². The van der Waals surface area contributed by atoms with Gasteiger partial charge in [-0.3, -0.25) is 0 Å². The second-order valence-corrected chi connectivity index (χ2v) is 3.68. The molecule has 0 aromatic heterocycles. The highest BCUT2D eigenvalue weighted by Crippen LogP contribution is 2.33. The molecule has 0 aliphatic carbocycles. The van der Waals surface area contributed by atoms with Crippen LogP contribution >= 0.6 is 0 Å². The van der Waals surface area contributed by atoms with Gasteiger partial charge in [-0.05, 0) is 30.3 Å². The van der Waals surface area contributed by atoms with Crippen LogP contribution in [-0.4, -0.2) is 0 Å². The van der Waals surface area contributed by atoms with Crippen molar-refractivity contribution in [3.05, 3.63) is 59.7 Å². The first-order valence-corrected chi connectivity index (χ1v) is 5.17. The summed E-state index contributed by atoms with van der Waals surface area (Å²) in [6, 6.07) is 6.82. The lowest BCUT2D eigenvalue weighted by atomic mass is 10.2. The fourth-order valence-corrected chi connectivity index (χ4v) is 1.43. The van der Waals surface area contributed by atoms with Gasteiger partial charge in [-0.15, -0.1) is 0 Å². The average molecular weight is 274 g/mol. The van der Waals surface area contributed by atoms with Crippen LogP contribution in [0.4, 0.5) is 22.0 Å². The van der Waals surface area contributed by atoms with E-state index in [-0.39, 0.29) is 5.75 Å². The Bertz CT molecular complexity index is 572. The van der Waals surface area contributed by atoms with E-state index in [9.17, 15) is 22.0 Å². The SMILES string of the molecule is Fc1cccc(F)c1Oc1cccc(C(F)(F)F)c1. The highest BCUT2D eigenvalue weighted by Gasteiger charge is 2.30. The third-order valence-corrected chi connectivity index (χ3v) is 2.30. The molecule has 1 nitrogen and oxygen atoms in total. The lowest BCUT2D eigenvalue weighted by Gasteiger charge is -2.10. The Morgan fingerprint density at radius 1 is 0.842 bits per heavy atom. The molecule has 0 unspecified atom stereocenters. The van der Waals surface area contributed by atoms with Gasteiger partial charge in [-0.1, -0.05) is 12.1 Å². The summed E-state index contributed by atoms with van der Waals surface area (Å²) in [6.45, 7) is 0. The Kier molecular flexibility index (Phi) is 3.42. The Labute approximate surface area is 105 Å². The minimum Gasteiger partial charge on any atom is -0.451 e. The summed E-state index contributed by atoms with van der Waals surface area (Å²) in [5.74, 6) is -3.00. The van der Waals surface area contributed by atoms with Crippen molar-refractivity contribution in [3.63, 3.8) is 0 Å².